The maximum atomic E-state index is 4.54. The quantitative estimate of drug-likeness (QED) is 0.419. The Balaban J connectivity index is 2.08. The molecular weight excluding hydrogens is 264 g/mol. The van der Waals surface area contributed by atoms with Gasteiger partial charge in [0.15, 0.2) is 0 Å². The number of thiophene rings is 1. The van der Waals surface area contributed by atoms with Gasteiger partial charge in [-0.1, -0.05) is 36.4 Å². The van der Waals surface area contributed by atoms with Crippen molar-refractivity contribution in [3.63, 3.8) is 0 Å². The van der Waals surface area contributed by atoms with E-state index in [1.165, 1.54) is 31.1 Å². The maximum absolute atomic E-state index is 4.54. The zero-order chi connectivity index (χ0) is 13.1. The van der Waals surface area contributed by atoms with Gasteiger partial charge < -0.3 is 4.98 Å². The summed E-state index contributed by atoms with van der Waals surface area (Å²) in [6.45, 7) is 0. The molecule has 2 nitrogen and oxygen atoms in total. The summed E-state index contributed by atoms with van der Waals surface area (Å²) in [6, 6.07) is 17.0. The van der Waals surface area contributed by atoms with Crippen LogP contribution in [0.1, 0.15) is 0 Å². The van der Waals surface area contributed by atoms with Crippen LogP contribution in [0.4, 0.5) is 0 Å². The van der Waals surface area contributed by atoms with Crippen LogP contribution in [0.2, 0.25) is 0 Å². The Morgan fingerprint density at radius 3 is 2.80 bits per heavy atom. The Labute approximate surface area is 118 Å². The van der Waals surface area contributed by atoms with Crippen molar-refractivity contribution in [2.24, 2.45) is 0 Å². The smallest absolute Gasteiger partial charge is 0.0943 e. The van der Waals surface area contributed by atoms with E-state index in [2.05, 4.69) is 52.4 Å². The van der Waals surface area contributed by atoms with Crippen molar-refractivity contribution >= 4 is 53.4 Å². The summed E-state index contributed by atoms with van der Waals surface area (Å²) in [6.07, 6.45) is 1.86. The van der Waals surface area contributed by atoms with Gasteiger partial charge >= 0.3 is 0 Å². The van der Waals surface area contributed by atoms with E-state index in [-0.39, 0.29) is 0 Å². The lowest BCUT2D eigenvalue weighted by Gasteiger charge is -1.97. The van der Waals surface area contributed by atoms with Crippen LogP contribution in [0.5, 0.6) is 0 Å². The molecule has 1 N–H and O–H groups in total. The van der Waals surface area contributed by atoms with Crippen LogP contribution >= 0.6 is 11.3 Å². The first-order valence-electron chi connectivity index (χ1n) is 6.58. The van der Waals surface area contributed by atoms with E-state index >= 15 is 0 Å². The van der Waals surface area contributed by atoms with Crippen molar-refractivity contribution in [1.29, 1.82) is 0 Å². The fraction of sp³-hybridized carbons (Fsp3) is 0. The number of nitrogens with zero attached hydrogens (tertiary/aromatic N) is 1. The normalized spacial score (nSPS) is 12.0. The second-order valence-electron chi connectivity index (χ2n) is 4.99. The van der Waals surface area contributed by atoms with Crippen LogP contribution in [-0.2, 0) is 0 Å². The molecule has 0 radical (unpaired) electrons. The standard InChI is InChI=1S/C17H10N2S/c1-2-6-13-11(5-1)16-17(20-13)12-8-7-10-4-3-9-18-14(10)15(12)19-16/h1-9,19H. The van der Waals surface area contributed by atoms with Crippen molar-refractivity contribution in [3.05, 3.63) is 54.7 Å². The van der Waals surface area contributed by atoms with Gasteiger partial charge in [0.25, 0.3) is 0 Å². The molecule has 0 aliphatic carbocycles. The number of aromatic nitrogens is 2. The van der Waals surface area contributed by atoms with Gasteiger partial charge in [0.2, 0.25) is 0 Å². The molecule has 0 saturated heterocycles. The minimum atomic E-state index is 1.05. The monoisotopic (exact) mass is 274 g/mol. The van der Waals surface area contributed by atoms with Crippen molar-refractivity contribution in [2.45, 2.75) is 0 Å². The molecule has 0 atom stereocenters. The molecular formula is C17H10N2S. The molecule has 2 aromatic carbocycles. The third-order valence-electron chi connectivity index (χ3n) is 3.86. The van der Waals surface area contributed by atoms with Crippen molar-refractivity contribution < 1.29 is 0 Å². The summed E-state index contributed by atoms with van der Waals surface area (Å²) < 4.78 is 2.66. The molecule has 94 valence electrons. The van der Waals surface area contributed by atoms with Gasteiger partial charge in [-0.05, 0) is 12.1 Å². The zero-order valence-corrected chi connectivity index (χ0v) is 11.4. The van der Waals surface area contributed by atoms with Crippen molar-refractivity contribution in [2.75, 3.05) is 0 Å². The number of fused-ring (bicyclic) bond motifs is 7. The van der Waals surface area contributed by atoms with E-state index in [9.17, 15) is 0 Å². The number of rotatable bonds is 0. The summed E-state index contributed by atoms with van der Waals surface area (Å²) in [5.41, 5.74) is 3.44. The van der Waals surface area contributed by atoms with E-state index < -0.39 is 0 Å². The molecule has 0 bridgehead atoms. The van der Waals surface area contributed by atoms with E-state index in [0.717, 1.165) is 11.0 Å². The SMILES string of the molecule is c1cnc2c(c1)ccc1c2[nH]c2c3ccccc3sc12. The molecule has 0 spiro atoms. The summed E-state index contributed by atoms with van der Waals surface area (Å²) in [5.74, 6) is 0. The van der Waals surface area contributed by atoms with Gasteiger partial charge in [0.05, 0.1) is 21.3 Å². The van der Waals surface area contributed by atoms with Crippen LogP contribution in [0.15, 0.2) is 54.7 Å². The lowest BCUT2D eigenvalue weighted by atomic mass is 10.1. The van der Waals surface area contributed by atoms with Crippen LogP contribution in [0, 0.1) is 0 Å². The first kappa shape index (κ1) is 10.4. The fourth-order valence-electron chi connectivity index (χ4n) is 2.95. The van der Waals surface area contributed by atoms with E-state index in [0.29, 0.717) is 0 Å². The van der Waals surface area contributed by atoms with Crippen molar-refractivity contribution in [1.82, 2.24) is 9.97 Å². The first-order chi connectivity index (χ1) is 9.92. The first-order valence-corrected chi connectivity index (χ1v) is 7.40. The predicted octanol–water partition coefficient (Wildman–Crippen LogP) is 5.08. The molecule has 0 unspecified atom stereocenters. The van der Waals surface area contributed by atoms with Crippen LogP contribution in [0.25, 0.3) is 42.1 Å². The molecule has 3 heteroatoms. The molecule has 0 aliphatic heterocycles. The van der Waals surface area contributed by atoms with Crippen LogP contribution in [0.3, 0.4) is 0 Å². The highest BCUT2D eigenvalue weighted by Gasteiger charge is 2.12. The van der Waals surface area contributed by atoms with Crippen LogP contribution in [-0.4, -0.2) is 9.97 Å². The predicted molar refractivity (Wildman–Crippen MR) is 86.5 cm³/mol. The lowest BCUT2D eigenvalue weighted by molar-refractivity contribution is 1.41. The van der Waals surface area contributed by atoms with Crippen molar-refractivity contribution in [3.8, 4) is 0 Å². The summed E-state index contributed by atoms with van der Waals surface area (Å²) in [4.78, 5) is 8.13. The topological polar surface area (TPSA) is 28.7 Å². The van der Waals surface area contributed by atoms with Gasteiger partial charge in [0, 0.05) is 27.1 Å². The third-order valence-corrected chi connectivity index (χ3v) is 5.07. The Morgan fingerprint density at radius 2 is 1.80 bits per heavy atom. The Bertz CT molecular complexity index is 1100. The number of pyridine rings is 1. The third kappa shape index (κ3) is 1.20. The average Bonchev–Trinajstić information content (AvgIpc) is 3.03. The molecule has 5 rings (SSSR count). The van der Waals surface area contributed by atoms with E-state index in [1.54, 1.807) is 0 Å². The molecule has 3 heterocycles. The number of hydrogen-bond acceptors (Lipinski definition) is 2. The van der Waals surface area contributed by atoms with Gasteiger partial charge in [-0.3, -0.25) is 4.98 Å². The Morgan fingerprint density at radius 1 is 0.850 bits per heavy atom. The van der Waals surface area contributed by atoms with Crippen LogP contribution < -0.4 is 0 Å². The van der Waals surface area contributed by atoms with Gasteiger partial charge in [-0.2, -0.15) is 0 Å². The minimum absolute atomic E-state index is 1.05. The summed E-state index contributed by atoms with van der Waals surface area (Å²) in [7, 11) is 0. The number of aromatic amines is 1. The van der Waals surface area contributed by atoms with Gasteiger partial charge in [-0.15, -0.1) is 11.3 Å². The second kappa shape index (κ2) is 3.58. The average molecular weight is 274 g/mol. The minimum Gasteiger partial charge on any atom is -0.352 e. The second-order valence-corrected chi connectivity index (χ2v) is 6.04. The number of benzene rings is 2. The Hall–Kier alpha value is -2.39. The molecule has 0 amide bonds. The molecule has 0 aliphatic rings. The molecule has 0 fully saturated rings. The zero-order valence-electron chi connectivity index (χ0n) is 10.6. The summed E-state index contributed by atoms with van der Waals surface area (Å²) in [5, 5.41) is 3.75. The fourth-order valence-corrected chi connectivity index (χ4v) is 4.13. The number of H-pyrrole nitrogens is 1. The molecule has 5 aromatic rings. The highest BCUT2D eigenvalue weighted by atomic mass is 32.1. The number of nitrogens with one attached hydrogen (secondary N) is 1. The molecule has 0 saturated carbocycles. The van der Waals surface area contributed by atoms with E-state index in [4.69, 9.17) is 0 Å². The molecule has 20 heavy (non-hydrogen) atoms. The lowest BCUT2D eigenvalue weighted by Crippen LogP contribution is -1.79. The highest BCUT2D eigenvalue weighted by molar-refractivity contribution is 7.26. The largest absolute Gasteiger partial charge is 0.352 e. The maximum Gasteiger partial charge on any atom is 0.0943 e. The summed E-state index contributed by atoms with van der Waals surface area (Å²) >= 11 is 1.85. The van der Waals surface area contributed by atoms with Gasteiger partial charge in [0.1, 0.15) is 0 Å². The molecule has 3 aromatic heterocycles. The van der Waals surface area contributed by atoms with Gasteiger partial charge in [-0.25, -0.2) is 0 Å². The highest BCUT2D eigenvalue weighted by Crippen LogP contribution is 2.39. The number of hydrogen-bond donors (Lipinski definition) is 1. The van der Waals surface area contributed by atoms with E-state index in [1.807, 2.05) is 23.6 Å². The Kier molecular flexibility index (Phi) is 1.86.